The largest absolute Gasteiger partial charge is 0.456 e. The van der Waals surface area contributed by atoms with Gasteiger partial charge in [0.2, 0.25) is 0 Å². The summed E-state index contributed by atoms with van der Waals surface area (Å²) < 4.78 is 40.4. The SMILES string of the molecule is Cc1cccc(C)c1N=c1ccc2c(-c3ccccc3S(=O)(=O)O)c3ccc(Cl)cc3oc-2c1. The minimum absolute atomic E-state index is 0.178. The summed E-state index contributed by atoms with van der Waals surface area (Å²) in [7, 11) is -4.46. The molecule has 1 aliphatic carbocycles. The van der Waals surface area contributed by atoms with E-state index in [-0.39, 0.29) is 4.90 Å². The molecule has 0 unspecified atom stereocenters. The van der Waals surface area contributed by atoms with Gasteiger partial charge >= 0.3 is 0 Å². The van der Waals surface area contributed by atoms with Gasteiger partial charge in [0.05, 0.1) is 11.0 Å². The van der Waals surface area contributed by atoms with Gasteiger partial charge in [-0.25, -0.2) is 4.99 Å². The van der Waals surface area contributed by atoms with Gasteiger partial charge in [-0.1, -0.05) is 48.0 Å². The third-order valence-corrected chi connectivity index (χ3v) is 6.93. The van der Waals surface area contributed by atoms with Crippen molar-refractivity contribution in [3.63, 3.8) is 0 Å². The van der Waals surface area contributed by atoms with Crippen molar-refractivity contribution in [2.75, 3.05) is 0 Å². The Balaban J connectivity index is 1.87. The second-order valence-electron chi connectivity index (χ2n) is 8.12. The van der Waals surface area contributed by atoms with Crippen LogP contribution in [0.15, 0.2) is 93.2 Å². The summed E-state index contributed by atoms with van der Waals surface area (Å²) in [4.78, 5) is 4.65. The Morgan fingerprint density at radius 1 is 0.853 bits per heavy atom. The van der Waals surface area contributed by atoms with Gasteiger partial charge < -0.3 is 4.42 Å². The smallest absolute Gasteiger partial charge is 0.295 e. The first-order valence-corrected chi connectivity index (χ1v) is 12.4. The van der Waals surface area contributed by atoms with E-state index in [1.807, 2.05) is 50.2 Å². The second kappa shape index (κ2) is 8.40. The molecule has 7 heteroatoms. The fourth-order valence-electron chi connectivity index (χ4n) is 4.22. The molecular weight excluding hydrogens is 470 g/mol. The Kier molecular flexibility index (Phi) is 5.52. The first kappa shape index (κ1) is 22.3. The maximum atomic E-state index is 12.2. The van der Waals surface area contributed by atoms with Crippen molar-refractivity contribution < 1.29 is 17.4 Å². The van der Waals surface area contributed by atoms with Gasteiger partial charge in [0.15, 0.2) is 0 Å². The maximum absolute atomic E-state index is 12.2. The van der Waals surface area contributed by atoms with E-state index in [1.54, 1.807) is 36.4 Å². The van der Waals surface area contributed by atoms with Crippen LogP contribution in [0.2, 0.25) is 5.02 Å². The summed E-state index contributed by atoms with van der Waals surface area (Å²) in [5.74, 6) is 0.516. The highest BCUT2D eigenvalue weighted by molar-refractivity contribution is 7.86. The van der Waals surface area contributed by atoms with Crippen molar-refractivity contribution >= 4 is 38.4 Å². The monoisotopic (exact) mass is 489 g/mol. The number of benzene rings is 4. The molecule has 0 radical (unpaired) electrons. The molecule has 0 saturated carbocycles. The van der Waals surface area contributed by atoms with Crippen molar-refractivity contribution in [3.05, 3.63) is 100 Å². The number of fused-ring (bicyclic) bond motifs is 2. The van der Waals surface area contributed by atoms with Crippen molar-refractivity contribution in [3.8, 4) is 22.5 Å². The van der Waals surface area contributed by atoms with Crippen LogP contribution in [-0.2, 0) is 10.1 Å². The van der Waals surface area contributed by atoms with Crippen LogP contribution in [0, 0.1) is 13.8 Å². The molecule has 5 nitrogen and oxygen atoms in total. The predicted octanol–water partition coefficient (Wildman–Crippen LogP) is 6.95. The minimum atomic E-state index is -4.46. The molecule has 5 rings (SSSR count). The Hall–Kier alpha value is -3.45. The van der Waals surface area contributed by atoms with Gasteiger partial charge in [-0.15, -0.1) is 0 Å². The van der Waals surface area contributed by atoms with Crippen LogP contribution in [0.1, 0.15) is 11.1 Å². The Morgan fingerprint density at radius 2 is 1.59 bits per heavy atom. The van der Waals surface area contributed by atoms with Crippen LogP contribution in [0.5, 0.6) is 0 Å². The predicted molar refractivity (Wildman–Crippen MR) is 134 cm³/mol. The molecule has 0 spiro atoms. The lowest BCUT2D eigenvalue weighted by Gasteiger charge is -2.17. The molecule has 1 aliphatic heterocycles. The van der Waals surface area contributed by atoms with E-state index < -0.39 is 10.1 Å². The standard InChI is InChI=1S/C27H20ClNO4S/c1-16-6-5-7-17(2)27(16)29-19-11-13-21-24(15-19)33-23-14-18(28)10-12-20(23)26(21)22-8-3-4-9-25(22)34(30,31)32/h3-15H,1-2H3,(H,30,31,32). The first-order valence-electron chi connectivity index (χ1n) is 10.6. The highest BCUT2D eigenvalue weighted by atomic mass is 35.5. The van der Waals surface area contributed by atoms with E-state index in [1.165, 1.54) is 6.07 Å². The first-order chi connectivity index (χ1) is 16.2. The second-order valence-corrected chi connectivity index (χ2v) is 9.95. The van der Waals surface area contributed by atoms with Crippen molar-refractivity contribution in [2.24, 2.45) is 4.99 Å². The number of hydrogen-bond acceptors (Lipinski definition) is 4. The van der Waals surface area contributed by atoms with Gasteiger partial charge in [-0.3, -0.25) is 4.55 Å². The average molecular weight is 490 g/mol. The topological polar surface area (TPSA) is 79.9 Å². The van der Waals surface area contributed by atoms with E-state index in [9.17, 15) is 13.0 Å². The molecule has 3 aromatic carbocycles. The lowest BCUT2D eigenvalue weighted by Crippen LogP contribution is -2.05. The van der Waals surface area contributed by atoms with Gasteiger partial charge in [0, 0.05) is 39.2 Å². The van der Waals surface area contributed by atoms with Crippen molar-refractivity contribution in [1.29, 1.82) is 0 Å². The highest BCUT2D eigenvalue weighted by Gasteiger charge is 2.23. The quantitative estimate of drug-likeness (QED) is 0.219. The van der Waals surface area contributed by atoms with E-state index in [2.05, 4.69) is 0 Å². The number of halogens is 1. The third-order valence-electron chi connectivity index (χ3n) is 5.78. The van der Waals surface area contributed by atoms with Gasteiger partial charge in [-0.05, 0) is 55.3 Å². The number of hydrogen-bond donors (Lipinski definition) is 1. The summed E-state index contributed by atoms with van der Waals surface area (Å²) in [5, 5.41) is 1.86. The van der Waals surface area contributed by atoms with Crippen LogP contribution in [0.25, 0.3) is 33.4 Å². The highest BCUT2D eigenvalue weighted by Crippen LogP contribution is 2.42. The van der Waals surface area contributed by atoms with Crippen LogP contribution >= 0.6 is 11.6 Å². The molecule has 0 atom stereocenters. The molecule has 1 N–H and O–H groups in total. The lowest BCUT2D eigenvalue weighted by molar-refractivity contribution is 0.483. The van der Waals surface area contributed by atoms with Gasteiger partial charge in [-0.2, -0.15) is 8.42 Å². The Morgan fingerprint density at radius 3 is 2.32 bits per heavy atom. The third kappa shape index (κ3) is 4.01. The van der Waals surface area contributed by atoms with Crippen molar-refractivity contribution in [1.82, 2.24) is 0 Å². The van der Waals surface area contributed by atoms with Crippen LogP contribution < -0.4 is 5.36 Å². The average Bonchev–Trinajstić information content (AvgIpc) is 2.79. The number of nitrogens with zero attached hydrogens (tertiary/aromatic N) is 1. The summed E-state index contributed by atoms with van der Waals surface area (Å²) in [6, 6.07) is 23.1. The molecule has 0 fully saturated rings. The molecule has 3 aromatic rings. The summed E-state index contributed by atoms with van der Waals surface area (Å²) >= 11 is 6.23. The zero-order valence-electron chi connectivity index (χ0n) is 18.4. The van der Waals surface area contributed by atoms with Crippen LogP contribution in [-0.4, -0.2) is 13.0 Å². The normalized spacial score (nSPS) is 12.5. The molecule has 170 valence electrons. The van der Waals surface area contributed by atoms with Crippen LogP contribution in [0.4, 0.5) is 5.69 Å². The molecule has 0 saturated heterocycles. The molecule has 0 amide bonds. The minimum Gasteiger partial charge on any atom is -0.456 e. The van der Waals surface area contributed by atoms with Gasteiger partial charge in [0.1, 0.15) is 16.2 Å². The lowest BCUT2D eigenvalue weighted by atomic mass is 9.93. The van der Waals surface area contributed by atoms with E-state index in [4.69, 9.17) is 21.0 Å². The number of aryl methyl sites for hydroxylation is 2. The Labute approximate surface area is 202 Å². The fraction of sp³-hybridized carbons (Fsp3) is 0.0741. The number of para-hydroxylation sites is 1. The molecule has 34 heavy (non-hydrogen) atoms. The van der Waals surface area contributed by atoms with Gasteiger partial charge in [0.25, 0.3) is 10.1 Å². The maximum Gasteiger partial charge on any atom is 0.295 e. The molecule has 0 bridgehead atoms. The van der Waals surface area contributed by atoms with E-state index in [0.29, 0.717) is 43.8 Å². The number of rotatable bonds is 3. The zero-order chi connectivity index (χ0) is 24.0. The van der Waals surface area contributed by atoms with Crippen molar-refractivity contribution in [2.45, 2.75) is 18.7 Å². The zero-order valence-corrected chi connectivity index (χ0v) is 20.0. The molecule has 0 aromatic heterocycles. The summed E-state index contributed by atoms with van der Waals surface area (Å²) in [5.41, 5.74) is 5.19. The fourth-order valence-corrected chi connectivity index (χ4v) is 5.08. The van der Waals surface area contributed by atoms with Crippen LogP contribution in [0.3, 0.4) is 0 Å². The summed E-state index contributed by atoms with van der Waals surface area (Å²) in [6.07, 6.45) is 0. The molecule has 2 aliphatic rings. The van der Waals surface area contributed by atoms with E-state index >= 15 is 0 Å². The molecule has 1 heterocycles. The Bertz CT molecular complexity index is 1700. The van der Waals surface area contributed by atoms with E-state index in [0.717, 1.165) is 16.8 Å². The molecular formula is C27H20ClNO4S. The summed E-state index contributed by atoms with van der Waals surface area (Å²) in [6.45, 7) is 4.02.